The first-order chi connectivity index (χ1) is 14.5. The van der Waals surface area contributed by atoms with Crippen molar-refractivity contribution in [2.75, 3.05) is 46.9 Å². The van der Waals surface area contributed by atoms with Crippen LogP contribution in [0.2, 0.25) is 0 Å². The molecule has 0 atom stereocenters. The van der Waals surface area contributed by atoms with Crippen LogP contribution in [0.1, 0.15) is 23.7 Å². The summed E-state index contributed by atoms with van der Waals surface area (Å²) >= 11 is 5.62. The number of piperazine rings is 1. The second-order valence-corrected chi connectivity index (χ2v) is 7.92. The summed E-state index contributed by atoms with van der Waals surface area (Å²) in [5.74, 6) is 1.51. The average molecular weight is 432 g/mol. The van der Waals surface area contributed by atoms with Crippen molar-refractivity contribution >= 4 is 17.3 Å². The third kappa shape index (κ3) is 5.64. The van der Waals surface area contributed by atoms with Crippen molar-refractivity contribution in [1.82, 2.24) is 24.9 Å². The summed E-state index contributed by atoms with van der Waals surface area (Å²) in [5.41, 5.74) is 3.64. The molecule has 0 amide bonds. The van der Waals surface area contributed by atoms with Gasteiger partial charge >= 0.3 is 0 Å². The van der Waals surface area contributed by atoms with Gasteiger partial charge in [-0.1, -0.05) is 6.07 Å². The number of nitrogens with zero attached hydrogens (tertiary/aromatic N) is 4. The van der Waals surface area contributed by atoms with Crippen molar-refractivity contribution in [2.45, 2.75) is 33.4 Å². The quantitative estimate of drug-likeness (QED) is 0.645. The van der Waals surface area contributed by atoms with Crippen LogP contribution in [0.3, 0.4) is 0 Å². The lowest BCUT2D eigenvalue weighted by Gasteiger charge is -2.36. The van der Waals surface area contributed by atoms with Gasteiger partial charge in [0.05, 0.1) is 19.9 Å². The lowest BCUT2D eigenvalue weighted by atomic mass is 10.1. The fraction of sp³-hybridized carbons (Fsp3) is 0.545. The lowest BCUT2D eigenvalue weighted by molar-refractivity contribution is 0.174. The van der Waals surface area contributed by atoms with Crippen LogP contribution in [0.25, 0.3) is 0 Å². The smallest absolute Gasteiger partial charge is 0.169 e. The molecule has 30 heavy (non-hydrogen) atoms. The zero-order valence-electron chi connectivity index (χ0n) is 18.5. The number of ether oxygens (including phenoxy) is 2. The Bertz CT molecular complexity index is 846. The van der Waals surface area contributed by atoms with E-state index in [0.717, 1.165) is 74.5 Å². The fourth-order valence-corrected chi connectivity index (χ4v) is 3.97. The second kappa shape index (κ2) is 10.6. The minimum atomic E-state index is 0.750. The number of methoxy groups -OCH3 is 2. The Hall–Kier alpha value is -2.32. The van der Waals surface area contributed by atoms with E-state index in [1.165, 1.54) is 11.1 Å². The van der Waals surface area contributed by atoms with Crippen LogP contribution in [-0.2, 0) is 19.5 Å². The molecule has 1 N–H and O–H groups in total. The molecule has 1 saturated heterocycles. The van der Waals surface area contributed by atoms with E-state index < -0.39 is 0 Å². The van der Waals surface area contributed by atoms with Gasteiger partial charge in [0.15, 0.2) is 16.6 Å². The molecular weight excluding hydrogens is 398 g/mol. The van der Waals surface area contributed by atoms with Gasteiger partial charge in [0, 0.05) is 57.6 Å². The normalized spacial score (nSPS) is 14.6. The van der Waals surface area contributed by atoms with Crippen molar-refractivity contribution in [2.24, 2.45) is 0 Å². The lowest BCUT2D eigenvalue weighted by Crippen LogP contribution is -2.51. The molecule has 8 heteroatoms. The summed E-state index contributed by atoms with van der Waals surface area (Å²) in [4.78, 5) is 4.75. The van der Waals surface area contributed by atoms with Crippen LogP contribution < -0.4 is 14.8 Å². The summed E-state index contributed by atoms with van der Waals surface area (Å²) in [6.45, 7) is 10.8. The Morgan fingerprint density at radius 2 is 1.87 bits per heavy atom. The summed E-state index contributed by atoms with van der Waals surface area (Å²) in [5, 5.41) is 8.79. The highest BCUT2D eigenvalue weighted by atomic mass is 32.1. The van der Waals surface area contributed by atoms with Crippen LogP contribution in [-0.4, -0.2) is 71.6 Å². The maximum atomic E-state index is 5.62. The molecule has 0 spiro atoms. The summed E-state index contributed by atoms with van der Waals surface area (Å²) in [7, 11) is 3.31. The molecule has 1 aliphatic rings. The van der Waals surface area contributed by atoms with Gasteiger partial charge in [-0.3, -0.25) is 9.58 Å². The van der Waals surface area contributed by atoms with Gasteiger partial charge in [-0.25, -0.2) is 0 Å². The van der Waals surface area contributed by atoms with Crippen molar-refractivity contribution < 1.29 is 9.47 Å². The molecule has 0 saturated carbocycles. The Morgan fingerprint density at radius 3 is 2.50 bits per heavy atom. The third-order valence-corrected chi connectivity index (χ3v) is 5.97. The molecule has 1 aromatic heterocycles. The van der Waals surface area contributed by atoms with E-state index in [1.54, 1.807) is 14.2 Å². The van der Waals surface area contributed by atoms with E-state index in [0.29, 0.717) is 0 Å². The first kappa shape index (κ1) is 22.4. The maximum Gasteiger partial charge on any atom is 0.169 e. The monoisotopic (exact) mass is 431 g/mol. The molecule has 0 radical (unpaired) electrons. The predicted molar refractivity (Wildman–Crippen MR) is 123 cm³/mol. The first-order valence-electron chi connectivity index (χ1n) is 10.5. The number of benzene rings is 1. The van der Waals surface area contributed by atoms with Gasteiger partial charge in [0.25, 0.3) is 0 Å². The largest absolute Gasteiger partial charge is 0.493 e. The number of aromatic nitrogens is 2. The van der Waals surface area contributed by atoms with Crippen molar-refractivity contribution in [3.8, 4) is 11.5 Å². The number of aryl methyl sites for hydroxylation is 2. The second-order valence-electron chi connectivity index (χ2n) is 7.53. The summed E-state index contributed by atoms with van der Waals surface area (Å²) < 4.78 is 12.7. The molecule has 0 unspecified atom stereocenters. The standard InChI is InChI=1S/C22H33N5O2S/c1-5-27-16-19(17(2)24-27)15-25-10-12-26(13-11-25)22(30)23-9-8-18-6-7-20(28-3)21(14-18)29-4/h6-7,14,16H,5,8-13,15H2,1-4H3,(H,23,30). The van der Waals surface area contributed by atoms with Crippen LogP contribution >= 0.6 is 12.2 Å². The van der Waals surface area contributed by atoms with E-state index in [1.807, 2.05) is 16.8 Å². The van der Waals surface area contributed by atoms with E-state index >= 15 is 0 Å². The van der Waals surface area contributed by atoms with Gasteiger partial charge in [0.2, 0.25) is 0 Å². The van der Waals surface area contributed by atoms with Gasteiger partial charge in [-0.05, 0) is 50.2 Å². The molecule has 3 rings (SSSR count). The highest BCUT2D eigenvalue weighted by Gasteiger charge is 2.20. The van der Waals surface area contributed by atoms with Crippen molar-refractivity contribution in [1.29, 1.82) is 0 Å². The molecule has 2 heterocycles. The number of rotatable bonds is 8. The molecule has 1 aromatic carbocycles. The highest BCUT2D eigenvalue weighted by Crippen LogP contribution is 2.27. The van der Waals surface area contributed by atoms with E-state index in [9.17, 15) is 0 Å². The zero-order valence-corrected chi connectivity index (χ0v) is 19.3. The molecule has 0 aliphatic carbocycles. The highest BCUT2D eigenvalue weighted by molar-refractivity contribution is 7.80. The number of nitrogens with one attached hydrogen (secondary N) is 1. The molecule has 164 valence electrons. The summed E-state index contributed by atoms with van der Waals surface area (Å²) in [6, 6.07) is 6.02. The van der Waals surface area contributed by atoms with Crippen molar-refractivity contribution in [3.05, 3.63) is 41.2 Å². The fourth-order valence-electron chi connectivity index (χ4n) is 3.69. The Labute approximate surface area is 184 Å². The minimum Gasteiger partial charge on any atom is -0.493 e. The number of hydrogen-bond donors (Lipinski definition) is 1. The molecule has 2 aromatic rings. The first-order valence-corrected chi connectivity index (χ1v) is 10.9. The van der Waals surface area contributed by atoms with Gasteiger partial charge in [-0.15, -0.1) is 0 Å². The van der Waals surface area contributed by atoms with E-state index in [4.69, 9.17) is 21.7 Å². The Kier molecular flexibility index (Phi) is 7.93. The third-order valence-electron chi connectivity index (χ3n) is 5.56. The van der Waals surface area contributed by atoms with E-state index in [-0.39, 0.29) is 0 Å². The van der Waals surface area contributed by atoms with Gasteiger partial charge in [0.1, 0.15) is 0 Å². The van der Waals surface area contributed by atoms with Crippen molar-refractivity contribution in [3.63, 3.8) is 0 Å². The maximum absolute atomic E-state index is 5.62. The van der Waals surface area contributed by atoms with Crippen LogP contribution in [0.15, 0.2) is 24.4 Å². The minimum absolute atomic E-state index is 0.750. The SMILES string of the molecule is CCn1cc(CN2CCN(C(=S)NCCc3ccc(OC)c(OC)c3)CC2)c(C)n1. The topological polar surface area (TPSA) is 54.8 Å². The van der Waals surface area contributed by atoms with E-state index in [2.05, 4.69) is 46.3 Å². The zero-order chi connectivity index (χ0) is 21.5. The van der Waals surface area contributed by atoms with Crippen LogP contribution in [0.5, 0.6) is 11.5 Å². The molecule has 0 bridgehead atoms. The number of thiocarbonyl (C=S) groups is 1. The molecule has 7 nitrogen and oxygen atoms in total. The molecular formula is C22H33N5O2S. The number of hydrogen-bond acceptors (Lipinski definition) is 5. The van der Waals surface area contributed by atoms with Gasteiger partial charge in [-0.2, -0.15) is 5.10 Å². The molecule has 1 aliphatic heterocycles. The van der Waals surface area contributed by atoms with Crippen LogP contribution in [0.4, 0.5) is 0 Å². The molecule has 1 fully saturated rings. The Balaban J connectivity index is 1.41. The average Bonchev–Trinajstić information content (AvgIpc) is 3.13. The van der Waals surface area contributed by atoms with Crippen LogP contribution in [0, 0.1) is 6.92 Å². The Morgan fingerprint density at radius 1 is 1.13 bits per heavy atom. The predicted octanol–water partition coefficient (Wildman–Crippen LogP) is 2.46. The van der Waals surface area contributed by atoms with Gasteiger partial charge < -0.3 is 19.7 Å². The summed E-state index contributed by atoms with van der Waals surface area (Å²) in [6.07, 6.45) is 3.04.